The van der Waals surface area contributed by atoms with Gasteiger partial charge in [0.1, 0.15) is 0 Å². The number of nitrogens with one attached hydrogen (secondary N) is 1. The summed E-state index contributed by atoms with van der Waals surface area (Å²) in [7, 11) is 0. The highest BCUT2D eigenvalue weighted by Crippen LogP contribution is 2.24. The van der Waals surface area contributed by atoms with Crippen LogP contribution in [-0.2, 0) is 11.2 Å². The van der Waals surface area contributed by atoms with Crippen LogP contribution in [0.15, 0.2) is 78.9 Å². The van der Waals surface area contributed by atoms with Crippen molar-refractivity contribution >= 4 is 29.2 Å². The second-order valence-electron chi connectivity index (χ2n) is 6.74. The maximum atomic E-state index is 13.1. The summed E-state index contributed by atoms with van der Waals surface area (Å²) < 4.78 is 0. The molecular formula is C25H24ClNO. The Morgan fingerprint density at radius 2 is 1.61 bits per heavy atom. The Bertz CT molecular complexity index is 961. The van der Waals surface area contributed by atoms with E-state index in [1.807, 2.05) is 67.6 Å². The molecule has 0 unspecified atom stereocenters. The molecule has 0 heterocycles. The standard InChI is InChI=1S/C25H24ClNO/c1-3-19-13-15-20(16-14-19)18(2)27-25(28)23(21-9-5-4-6-10-21)17-22-11-7-8-12-24(22)26/h4-18H,3H2,1-2H3,(H,27,28)/b23-17+/t18-/m0/s1. The molecule has 0 aliphatic heterocycles. The highest BCUT2D eigenvalue weighted by atomic mass is 35.5. The fraction of sp³-hybridized carbons (Fsp3) is 0.160. The molecule has 2 nitrogen and oxygen atoms in total. The fourth-order valence-corrected chi connectivity index (χ4v) is 3.24. The maximum absolute atomic E-state index is 13.1. The first-order valence-corrected chi connectivity index (χ1v) is 9.87. The summed E-state index contributed by atoms with van der Waals surface area (Å²) in [5.74, 6) is -0.127. The van der Waals surface area contributed by atoms with Gasteiger partial charge < -0.3 is 5.32 Å². The zero-order valence-corrected chi connectivity index (χ0v) is 16.9. The van der Waals surface area contributed by atoms with E-state index in [2.05, 4.69) is 36.5 Å². The molecule has 1 amide bonds. The second kappa shape index (κ2) is 9.38. The third-order valence-corrected chi connectivity index (χ3v) is 5.11. The van der Waals surface area contributed by atoms with Crippen molar-refractivity contribution in [2.24, 2.45) is 0 Å². The van der Waals surface area contributed by atoms with E-state index in [4.69, 9.17) is 11.6 Å². The number of benzene rings is 3. The highest BCUT2D eigenvalue weighted by molar-refractivity contribution is 6.33. The van der Waals surface area contributed by atoms with Crippen LogP contribution in [0.5, 0.6) is 0 Å². The Morgan fingerprint density at radius 1 is 0.964 bits per heavy atom. The maximum Gasteiger partial charge on any atom is 0.252 e. The Kier molecular flexibility index (Phi) is 6.67. The van der Waals surface area contributed by atoms with Gasteiger partial charge in [-0.25, -0.2) is 0 Å². The van der Waals surface area contributed by atoms with E-state index in [0.29, 0.717) is 10.6 Å². The third kappa shape index (κ3) is 4.90. The van der Waals surface area contributed by atoms with Gasteiger partial charge in [0.15, 0.2) is 0 Å². The molecule has 0 fully saturated rings. The lowest BCUT2D eigenvalue weighted by molar-refractivity contribution is -0.116. The van der Waals surface area contributed by atoms with Gasteiger partial charge >= 0.3 is 0 Å². The Labute approximate surface area is 171 Å². The number of amides is 1. The van der Waals surface area contributed by atoms with Gasteiger partial charge in [-0.05, 0) is 47.7 Å². The normalized spacial score (nSPS) is 12.5. The molecule has 0 radical (unpaired) electrons. The van der Waals surface area contributed by atoms with Crippen molar-refractivity contribution in [2.45, 2.75) is 26.3 Å². The topological polar surface area (TPSA) is 29.1 Å². The summed E-state index contributed by atoms with van der Waals surface area (Å²) in [6, 6.07) is 25.4. The van der Waals surface area contributed by atoms with Gasteiger partial charge in [0, 0.05) is 10.6 Å². The molecule has 3 aromatic carbocycles. The SMILES string of the molecule is CCc1ccc([C@H](C)NC(=O)/C(=C/c2ccccc2Cl)c2ccccc2)cc1. The zero-order chi connectivity index (χ0) is 19.9. The Hall–Kier alpha value is -2.84. The highest BCUT2D eigenvalue weighted by Gasteiger charge is 2.16. The monoisotopic (exact) mass is 389 g/mol. The first-order valence-electron chi connectivity index (χ1n) is 9.50. The van der Waals surface area contributed by atoms with Crippen molar-refractivity contribution in [3.05, 3.63) is 106 Å². The van der Waals surface area contributed by atoms with Gasteiger partial charge in [-0.15, -0.1) is 0 Å². The van der Waals surface area contributed by atoms with Gasteiger partial charge in [-0.2, -0.15) is 0 Å². The van der Waals surface area contributed by atoms with E-state index in [-0.39, 0.29) is 11.9 Å². The molecule has 0 saturated heterocycles. The molecule has 0 spiro atoms. The molecule has 1 atom stereocenters. The van der Waals surface area contributed by atoms with Gasteiger partial charge in [0.2, 0.25) is 0 Å². The lowest BCUT2D eigenvalue weighted by Crippen LogP contribution is -2.27. The summed E-state index contributed by atoms with van der Waals surface area (Å²) in [6.45, 7) is 4.13. The smallest absolute Gasteiger partial charge is 0.252 e. The van der Waals surface area contributed by atoms with E-state index in [9.17, 15) is 4.79 Å². The van der Waals surface area contributed by atoms with Crippen LogP contribution in [0.25, 0.3) is 11.6 Å². The number of rotatable bonds is 6. The first-order chi connectivity index (χ1) is 13.6. The van der Waals surface area contributed by atoms with Crippen molar-refractivity contribution in [2.75, 3.05) is 0 Å². The quantitative estimate of drug-likeness (QED) is 0.388. The number of carbonyl (C=O) groups is 1. The average molecular weight is 390 g/mol. The van der Waals surface area contributed by atoms with Crippen LogP contribution in [0, 0.1) is 0 Å². The van der Waals surface area contributed by atoms with Crippen molar-refractivity contribution in [3.8, 4) is 0 Å². The van der Waals surface area contributed by atoms with Crippen LogP contribution >= 0.6 is 11.6 Å². The number of hydrogen-bond donors (Lipinski definition) is 1. The van der Waals surface area contributed by atoms with Crippen molar-refractivity contribution in [1.82, 2.24) is 5.32 Å². The summed E-state index contributed by atoms with van der Waals surface area (Å²) >= 11 is 6.31. The molecule has 3 aromatic rings. The minimum atomic E-state index is -0.127. The van der Waals surface area contributed by atoms with E-state index in [1.165, 1.54) is 5.56 Å². The molecule has 1 N–H and O–H groups in total. The molecule has 0 bridgehead atoms. The Balaban J connectivity index is 1.89. The third-order valence-electron chi connectivity index (χ3n) is 4.77. The molecule has 0 aliphatic rings. The summed E-state index contributed by atoms with van der Waals surface area (Å²) in [4.78, 5) is 13.1. The molecule has 28 heavy (non-hydrogen) atoms. The van der Waals surface area contributed by atoms with Gasteiger partial charge in [0.25, 0.3) is 5.91 Å². The predicted octanol–water partition coefficient (Wildman–Crippen LogP) is 6.32. The summed E-state index contributed by atoms with van der Waals surface area (Å²) in [6.07, 6.45) is 2.85. The zero-order valence-electron chi connectivity index (χ0n) is 16.2. The number of hydrogen-bond acceptors (Lipinski definition) is 1. The summed E-state index contributed by atoms with van der Waals surface area (Å²) in [5.41, 5.74) is 4.62. The minimum Gasteiger partial charge on any atom is -0.345 e. The lowest BCUT2D eigenvalue weighted by atomic mass is 10.0. The number of aryl methyl sites for hydroxylation is 1. The van der Waals surface area contributed by atoms with Crippen molar-refractivity contribution in [1.29, 1.82) is 0 Å². The van der Waals surface area contributed by atoms with E-state index in [1.54, 1.807) is 0 Å². The minimum absolute atomic E-state index is 0.100. The van der Waals surface area contributed by atoms with Crippen LogP contribution in [-0.4, -0.2) is 5.91 Å². The van der Waals surface area contributed by atoms with Gasteiger partial charge in [-0.1, -0.05) is 91.3 Å². The molecule has 0 aliphatic carbocycles. The molecule has 3 rings (SSSR count). The largest absolute Gasteiger partial charge is 0.345 e. The summed E-state index contributed by atoms with van der Waals surface area (Å²) in [5, 5.41) is 3.74. The van der Waals surface area contributed by atoms with Gasteiger partial charge in [-0.3, -0.25) is 4.79 Å². The van der Waals surface area contributed by atoms with Crippen molar-refractivity contribution in [3.63, 3.8) is 0 Å². The van der Waals surface area contributed by atoms with Crippen LogP contribution in [0.2, 0.25) is 5.02 Å². The number of halogens is 1. The first kappa shape index (κ1) is 19.9. The van der Waals surface area contributed by atoms with E-state index in [0.717, 1.165) is 23.1 Å². The molecular weight excluding hydrogens is 366 g/mol. The van der Waals surface area contributed by atoms with Crippen LogP contribution in [0.4, 0.5) is 0 Å². The molecule has 0 aromatic heterocycles. The van der Waals surface area contributed by atoms with Crippen molar-refractivity contribution < 1.29 is 4.79 Å². The average Bonchev–Trinajstić information content (AvgIpc) is 2.73. The second-order valence-corrected chi connectivity index (χ2v) is 7.14. The lowest BCUT2D eigenvalue weighted by Gasteiger charge is -2.17. The predicted molar refractivity (Wildman–Crippen MR) is 118 cm³/mol. The van der Waals surface area contributed by atoms with Gasteiger partial charge in [0.05, 0.1) is 6.04 Å². The van der Waals surface area contributed by atoms with Crippen LogP contribution in [0.3, 0.4) is 0 Å². The fourth-order valence-electron chi connectivity index (χ4n) is 3.05. The van der Waals surface area contributed by atoms with Crippen LogP contribution in [0.1, 0.15) is 42.1 Å². The number of carbonyl (C=O) groups excluding carboxylic acids is 1. The molecule has 3 heteroatoms. The molecule has 0 saturated carbocycles. The molecule has 142 valence electrons. The van der Waals surface area contributed by atoms with E-state index < -0.39 is 0 Å². The van der Waals surface area contributed by atoms with Crippen LogP contribution < -0.4 is 5.32 Å². The Morgan fingerprint density at radius 3 is 2.25 bits per heavy atom. The van der Waals surface area contributed by atoms with E-state index >= 15 is 0 Å².